The average molecular weight is 1460 g/mol. The maximum Gasteiger partial charge on any atom is 0.201 e. The second kappa shape index (κ2) is 47.4. The van der Waals surface area contributed by atoms with Gasteiger partial charge in [0.25, 0.3) is 0 Å². The van der Waals surface area contributed by atoms with Gasteiger partial charge in [-0.3, -0.25) is 19.2 Å². The summed E-state index contributed by atoms with van der Waals surface area (Å²) >= 11 is 0. The maximum absolute atomic E-state index is 16.3. The van der Waals surface area contributed by atoms with E-state index in [0.717, 1.165) is 94.9 Å². The number of halogens is 5. The standard InChI is InChI=1S/C50H76F2N2O8.C32H40F3NO6/c1-3-5-7-9-11-13-15-17-19-21-23-25-27-29-37(57)35(33-55)53-47-43-44(50(62)42-40(60)32-31-39(59)41(42)49(43)61)48(46(52)45(47)51)54-36(34-56)38(58)30-28-26-24-22-20-18-16-14-12-10-8-6-4-2;1-2-3-4-5-6-7-8-9-10-11-12-13-14-15-20(38)19(18-37)36-30-26-25(27(33)28(34)29(30)35)31(41)23-21(39)16-17-22(40)24(23)32(26)42/h27-32,35-38,53-60H,3-26,33-34H2,1-2H3;14-17,19-20,36-40H,2-13,18H2,1H3/b29-27+,30-28+;15-14+. The van der Waals surface area contributed by atoms with Crippen LogP contribution in [0.2, 0.25) is 0 Å². The number of phenols is 4. The van der Waals surface area contributed by atoms with Crippen molar-refractivity contribution in [3.8, 4) is 23.0 Å². The van der Waals surface area contributed by atoms with Crippen LogP contribution in [0, 0.1) is 29.1 Å². The summed E-state index contributed by atoms with van der Waals surface area (Å²) in [7, 11) is 0. The molecule has 0 fully saturated rings. The van der Waals surface area contributed by atoms with Gasteiger partial charge in [0.05, 0.1) is 118 Å². The number of hydrogen-bond donors (Lipinski definition) is 13. The zero-order valence-corrected chi connectivity index (χ0v) is 61.3. The number of benzene rings is 4. The monoisotopic (exact) mass is 1460 g/mol. The minimum absolute atomic E-state index is 0.639. The van der Waals surface area contributed by atoms with E-state index in [9.17, 15) is 79.0 Å². The van der Waals surface area contributed by atoms with Gasteiger partial charge >= 0.3 is 0 Å². The first-order chi connectivity index (χ1) is 50.2. The minimum atomic E-state index is -2.06. The highest BCUT2D eigenvalue weighted by molar-refractivity contribution is 6.34. The highest BCUT2D eigenvalue weighted by atomic mass is 19.2. The minimum Gasteiger partial charge on any atom is -0.507 e. The molecule has 4 aromatic rings. The molecule has 104 heavy (non-hydrogen) atoms. The van der Waals surface area contributed by atoms with Crippen molar-refractivity contribution < 1.29 is 92.2 Å². The molecule has 6 unspecified atom stereocenters. The topological polar surface area (TPSA) is 307 Å². The maximum atomic E-state index is 16.3. The fraction of sp³-hybridized carbons (Fsp3) is 0.585. The van der Waals surface area contributed by atoms with Crippen molar-refractivity contribution in [1.29, 1.82) is 0 Å². The van der Waals surface area contributed by atoms with Gasteiger partial charge in [-0.25, -0.2) is 22.0 Å². The van der Waals surface area contributed by atoms with Gasteiger partial charge in [-0.2, -0.15) is 0 Å². The summed E-state index contributed by atoms with van der Waals surface area (Å²) in [5.41, 5.74) is -8.86. The first-order valence-corrected chi connectivity index (χ1v) is 38.4. The van der Waals surface area contributed by atoms with Gasteiger partial charge in [-0.1, -0.05) is 250 Å². The molecule has 6 rings (SSSR count). The Morgan fingerprint density at radius 1 is 0.298 bits per heavy atom. The summed E-state index contributed by atoms with van der Waals surface area (Å²) in [6, 6.07) is -0.281. The third-order valence-electron chi connectivity index (χ3n) is 19.6. The first-order valence-electron chi connectivity index (χ1n) is 38.4. The molecular weight excluding hydrogens is 1350 g/mol. The Hall–Kier alpha value is -7.21. The lowest BCUT2D eigenvalue weighted by molar-refractivity contribution is 0.0969. The van der Waals surface area contributed by atoms with Crippen LogP contribution in [0.5, 0.6) is 23.0 Å². The summed E-state index contributed by atoms with van der Waals surface area (Å²) in [6.45, 7) is 4.27. The lowest BCUT2D eigenvalue weighted by Crippen LogP contribution is -2.39. The largest absolute Gasteiger partial charge is 0.507 e. The molecule has 13 N–H and O–H groups in total. The van der Waals surface area contributed by atoms with E-state index in [1.807, 2.05) is 0 Å². The van der Waals surface area contributed by atoms with Crippen LogP contribution in [0.1, 0.15) is 316 Å². The third kappa shape index (κ3) is 25.2. The van der Waals surface area contributed by atoms with E-state index < -0.39 is 193 Å². The van der Waals surface area contributed by atoms with Gasteiger partial charge in [0.15, 0.2) is 29.1 Å². The molecule has 0 saturated carbocycles. The van der Waals surface area contributed by atoms with Gasteiger partial charge in [0, 0.05) is 0 Å². The molecule has 2 aliphatic rings. The summed E-state index contributed by atoms with van der Waals surface area (Å²) in [4.78, 5) is 54.5. The number of aliphatic hydroxyl groups is 6. The van der Waals surface area contributed by atoms with E-state index in [1.165, 1.54) is 159 Å². The number of anilines is 3. The smallest absolute Gasteiger partial charge is 0.201 e. The number of carbonyl (C=O) groups excluding carboxylic acids is 4. The van der Waals surface area contributed by atoms with E-state index in [4.69, 9.17) is 0 Å². The predicted molar refractivity (Wildman–Crippen MR) is 398 cm³/mol. The van der Waals surface area contributed by atoms with Crippen LogP contribution in [-0.2, 0) is 0 Å². The Labute approximate surface area is 611 Å². The number of ketones is 4. The number of allylic oxidation sites excluding steroid dienone is 3. The fourth-order valence-electron chi connectivity index (χ4n) is 13.4. The SMILES string of the molecule is CCCCCCCCCCCCC/C=C/C(O)C(CO)Nc1c(F)c(F)c(F)c2c1C(=O)c1c(O)ccc(O)c1C2=O.CCCCCCCCCCCCC/C=C/C(O)C(CO)Nc1c(F)c(F)c(NC(CO)C(O)/C=C/CCCCCCCCCCCCC)c2c1C(=O)c1c(O)ccc(O)c1C2=O. The normalized spacial score (nSPS) is 14.5. The molecule has 578 valence electrons. The zero-order chi connectivity index (χ0) is 76.1. The fourth-order valence-corrected chi connectivity index (χ4v) is 13.4. The molecule has 0 amide bonds. The molecule has 0 spiro atoms. The highest BCUT2D eigenvalue weighted by Crippen LogP contribution is 2.46. The van der Waals surface area contributed by atoms with E-state index >= 15 is 13.2 Å². The van der Waals surface area contributed by atoms with Crippen molar-refractivity contribution in [1.82, 2.24) is 0 Å². The van der Waals surface area contributed by atoms with Crippen molar-refractivity contribution >= 4 is 40.2 Å². The van der Waals surface area contributed by atoms with Gasteiger partial charge in [-0.05, 0) is 62.8 Å². The van der Waals surface area contributed by atoms with E-state index in [0.29, 0.717) is 19.3 Å². The van der Waals surface area contributed by atoms with Crippen LogP contribution in [-0.4, -0.2) is 130 Å². The van der Waals surface area contributed by atoms with E-state index in [2.05, 4.69) is 36.7 Å². The van der Waals surface area contributed by atoms with Crippen molar-refractivity contribution in [3.05, 3.63) is 134 Å². The van der Waals surface area contributed by atoms with Crippen molar-refractivity contribution in [2.24, 2.45) is 0 Å². The number of carbonyl (C=O) groups is 4. The van der Waals surface area contributed by atoms with Crippen molar-refractivity contribution in [2.75, 3.05) is 35.8 Å². The molecule has 0 radical (unpaired) electrons. The molecule has 17 nitrogen and oxygen atoms in total. The van der Waals surface area contributed by atoms with Gasteiger partial charge < -0.3 is 67.0 Å². The number of aliphatic hydroxyl groups excluding tert-OH is 6. The summed E-state index contributed by atoms with van der Waals surface area (Å²) in [5.74, 6) is -16.9. The number of nitrogens with one attached hydrogen (secondary N) is 3. The Kier molecular flexibility index (Phi) is 39.8. The Morgan fingerprint density at radius 3 is 0.731 bits per heavy atom. The van der Waals surface area contributed by atoms with Crippen molar-refractivity contribution in [2.45, 2.75) is 288 Å². The molecule has 6 atom stereocenters. The predicted octanol–water partition coefficient (Wildman–Crippen LogP) is 17.6. The molecular formula is C82H116F5N3O14. The van der Waals surface area contributed by atoms with Crippen LogP contribution >= 0.6 is 0 Å². The quantitative estimate of drug-likeness (QED) is 0.00555. The molecule has 0 aromatic heterocycles. The Balaban J connectivity index is 0.000000402. The number of rotatable bonds is 51. The molecule has 0 bridgehead atoms. The summed E-state index contributed by atoms with van der Waals surface area (Å²) in [6.07, 6.45) is 46.2. The second-order valence-electron chi connectivity index (χ2n) is 27.7. The number of unbranched alkanes of at least 4 members (excludes halogenated alkanes) is 33. The number of hydrogen-bond acceptors (Lipinski definition) is 17. The molecule has 4 aromatic carbocycles. The van der Waals surface area contributed by atoms with E-state index in [-0.39, 0.29) is 0 Å². The Bertz CT molecular complexity index is 3330. The van der Waals surface area contributed by atoms with Crippen LogP contribution in [0.3, 0.4) is 0 Å². The Morgan fingerprint density at radius 2 is 0.500 bits per heavy atom. The third-order valence-corrected chi connectivity index (χ3v) is 19.6. The lowest BCUT2D eigenvalue weighted by Gasteiger charge is -2.30. The molecule has 0 aliphatic heterocycles. The summed E-state index contributed by atoms with van der Waals surface area (Å²) in [5, 5.41) is 112. The van der Waals surface area contributed by atoms with Crippen LogP contribution in [0.15, 0.2) is 60.7 Å². The number of aromatic hydroxyl groups is 4. The molecule has 2 aliphatic carbocycles. The molecule has 22 heteroatoms. The highest BCUT2D eigenvalue weighted by Gasteiger charge is 2.44. The lowest BCUT2D eigenvalue weighted by atomic mass is 9.80. The van der Waals surface area contributed by atoms with Gasteiger partial charge in [-0.15, -0.1) is 0 Å². The number of fused-ring (bicyclic) bond motifs is 4. The zero-order valence-electron chi connectivity index (χ0n) is 61.3. The first kappa shape index (κ1) is 87.4. The second-order valence-corrected chi connectivity index (χ2v) is 27.7. The van der Waals surface area contributed by atoms with Gasteiger partial charge in [0.1, 0.15) is 23.0 Å². The average Bonchev–Trinajstić information content (AvgIpc) is 0.729. The molecule has 0 heterocycles. The van der Waals surface area contributed by atoms with Crippen LogP contribution in [0.4, 0.5) is 39.0 Å². The molecule has 0 saturated heterocycles. The van der Waals surface area contributed by atoms with Crippen LogP contribution in [0.25, 0.3) is 0 Å². The van der Waals surface area contributed by atoms with Crippen LogP contribution < -0.4 is 16.0 Å². The van der Waals surface area contributed by atoms with Gasteiger partial charge in [0.2, 0.25) is 23.1 Å². The number of phenolic OH excluding ortho intramolecular Hbond substituents is 4. The van der Waals surface area contributed by atoms with E-state index in [1.54, 1.807) is 18.2 Å². The van der Waals surface area contributed by atoms with Crippen molar-refractivity contribution in [3.63, 3.8) is 0 Å². The summed E-state index contributed by atoms with van der Waals surface area (Å²) < 4.78 is 77.0.